The molecule has 0 spiro atoms. The monoisotopic (exact) mass is 264 g/mol. The Bertz CT molecular complexity index is 525. The minimum absolute atomic E-state index is 0.739. The average Bonchev–Trinajstić information content (AvgIpc) is 3.00. The van der Waals surface area contributed by atoms with E-state index in [4.69, 9.17) is 0 Å². The zero-order valence-electron chi connectivity index (χ0n) is 9.43. The van der Waals surface area contributed by atoms with E-state index in [1.54, 1.807) is 11.3 Å². The number of thiazole rings is 1. The smallest absolute Gasteiger partial charge is 0.181 e. The Labute approximate surface area is 108 Å². The molecule has 6 heteroatoms. The van der Waals surface area contributed by atoms with E-state index in [1.165, 1.54) is 5.56 Å². The van der Waals surface area contributed by atoms with Gasteiger partial charge in [0, 0.05) is 29.0 Å². The van der Waals surface area contributed by atoms with Crippen LogP contribution in [0, 0.1) is 0 Å². The van der Waals surface area contributed by atoms with Crippen LogP contribution in [0.3, 0.4) is 0 Å². The minimum Gasteiger partial charge on any atom is -0.370 e. The van der Waals surface area contributed by atoms with E-state index in [9.17, 15) is 0 Å². The van der Waals surface area contributed by atoms with Crippen molar-refractivity contribution >= 4 is 28.9 Å². The van der Waals surface area contributed by atoms with Gasteiger partial charge in [0.05, 0.1) is 11.2 Å². The molecule has 0 aromatic carbocycles. The topological polar surface area (TPSA) is 50.7 Å². The molecule has 1 aliphatic rings. The highest BCUT2D eigenvalue weighted by atomic mass is 32.2. The molecule has 0 aliphatic carbocycles. The Morgan fingerprint density at radius 2 is 2.29 bits per heavy atom. The Kier molecular flexibility index (Phi) is 2.98. The van der Waals surface area contributed by atoms with Crippen LogP contribution in [-0.2, 0) is 11.5 Å². The zero-order chi connectivity index (χ0) is 11.7. The van der Waals surface area contributed by atoms with Crippen molar-refractivity contribution < 1.29 is 0 Å². The molecule has 0 fully saturated rings. The maximum absolute atomic E-state index is 4.61. The lowest BCUT2D eigenvalue weighted by Gasteiger charge is -2.09. The molecule has 3 heterocycles. The van der Waals surface area contributed by atoms with Crippen LogP contribution in [0.1, 0.15) is 18.2 Å². The molecule has 0 atom stereocenters. The van der Waals surface area contributed by atoms with Gasteiger partial charge in [0.25, 0.3) is 0 Å². The van der Waals surface area contributed by atoms with Crippen LogP contribution < -0.4 is 5.32 Å². The van der Waals surface area contributed by atoms with Gasteiger partial charge in [-0.15, -0.1) is 11.3 Å². The fourth-order valence-corrected chi connectivity index (χ4v) is 3.37. The second kappa shape index (κ2) is 4.62. The summed E-state index contributed by atoms with van der Waals surface area (Å²) in [6, 6.07) is 0. The van der Waals surface area contributed by atoms with Gasteiger partial charge in [-0.2, -0.15) is 11.8 Å². The normalized spacial score (nSPS) is 13.7. The van der Waals surface area contributed by atoms with E-state index in [2.05, 4.69) is 27.2 Å². The van der Waals surface area contributed by atoms with Gasteiger partial charge >= 0.3 is 0 Å². The van der Waals surface area contributed by atoms with Crippen LogP contribution in [0.15, 0.2) is 10.9 Å². The molecular weight excluding hydrogens is 252 g/mol. The number of nitrogens with one attached hydrogen (secondary N) is 1. The molecule has 1 N–H and O–H groups in total. The SMILES string of the molecule is CCNc1nc(-c2cscn2)nc2c1CSC2. The van der Waals surface area contributed by atoms with Gasteiger partial charge in [0.2, 0.25) is 0 Å². The molecule has 4 nitrogen and oxygen atoms in total. The first-order chi connectivity index (χ1) is 8.38. The molecule has 0 amide bonds. The molecule has 2 aromatic rings. The van der Waals surface area contributed by atoms with Crippen molar-refractivity contribution in [1.29, 1.82) is 0 Å². The summed E-state index contributed by atoms with van der Waals surface area (Å²) < 4.78 is 0. The molecule has 0 saturated heterocycles. The van der Waals surface area contributed by atoms with Crippen molar-refractivity contribution in [2.45, 2.75) is 18.4 Å². The van der Waals surface area contributed by atoms with E-state index in [0.717, 1.165) is 41.1 Å². The molecule has 17 heavy (non-hydrogen) atoms. The van der Waals surface area contributed by atoms with Crippen LogP contribution in [0.4, 0.5) is 5.82 Å². The summed E-state index contributed by atoms with van der Waals surface area (Å²) in [5, 5.41) is 5.31. The van der Waals surface area contributed by atoms with E-state index < -0.39 is 0 Å². The lowest BCUT2D eigenvalue weighted by Crippen LogP contribution is -2.06. The van der Waals surface area contributed by atoms with Crippen LogP contribution in [0.25, 0.3) is 11.5 Å². The second-order valence-corrected chi connectivity index (χ2v) is 5.42. The quantitative estimate of drug-likeness (QED) is 0.923. The van der Waals surface area contributed by atoms with Gasteiger partial charge in [-0.1, -0.05) is 0 Å². The molecule has 88 valence electrons. The standard InChI is InChI=1S/C11H12N4S2/c1-2-12-10-7-3-16-4-8(7)14-11(15-10)9-5-17-6-13-9/h5-6H,2-4H2,1H3,(H,12,14,15). The van der Waals surface area contributed by atoms with E-state index in [0.29, 0.717) is 0 Å². The van der Waals surface area contributed by atoms with Crippen LogP contribution in [-0.4, -0.2) is 21.5 Å². The van der Waals surface area contributed by atoms with Gasteiger partial charge in [-0.05, 0) is 6.92 Å². The number of rotatable bonds is 3. The van der Waals surface area contributed by atoms with Gasteiger partial charge in [-0.25, -0.2) is 15.0 Å². The van der Waals surface area contributed by atoms with Crippen LogP contribution in [0.5, 0.6) is 0 Å². The molecule has 1 aliphatic heterocycles. The number of anilines is 1. The van der Waals surface area contributed by atoms with Gasteiger partial charge in [-0.3, -0.25) is 0 Å². The molecule has 0 saturated carbocycles. The van der Waals surface area contributed by atoms with E-state index >= 15 is 0 Å². The minimum atomic E-state index is 0.739. The second-order valence-electron chi connectivity index (χ2n) is 3.72. The Balaban J connectivity index is 2.09. The predicted octanol–water partition coefficient (Wildman–Crippen LogP) is 2.78. The molecule has 0 unspecified atom stereocenters. The van der Waals surface area contributed by atoms with Crippen LogP contribution in [0.2, 0.25) is 0 Å². The highest BCUT2D eigenvalue weighted by Crippen LogP contribution is 2.34. The first kappa shape index (κ1) is 11.0. The van der Waals surface area contributed by atoms with Crippen molar-refractivity contribution in [3.05, 3.63) is 22.1 Å². The molecule has 2 aromatic heterocycles. The Morgan fingerprint density at radius 3 is 3.06 bits per heavy atom. The first-order valence-electron chi connectivity index (χ1n) is 5.48. The van der Waals surface area contributed by atoms with Crippen molar-refractivity contribution in [2.24, 2.45) is 0 Å². The number of nitrogens with zero attached hydrogens (tertiary/aromatic N) is 3. The van der Waals surface area contributed by atoms with Crippen LogP contribution >= 0.6 is 23.1 Å². The third-order valence-corrected chi connectivity index (χ3v) is 4.14. The lowest BCUT2D eigenvalue weighted by molar-refractivity contribution is 1.04. The van der Waals surface area contributed by atoms with Gasteiger partial charge in [0.15, 0.2) is 5.82 Å². The van der Waals surface area contributed by atoms with E-state index in [1.807, 2.05) is 22.7 Å². The number of hydrogen-bond donors (Lipinski definition) is 1. The number of hydrogen-bond acceptors (Lipinski definition) is 6. The average molecular weight is 264 g/mol. The Morgan fingerprint density at radius 1 is 1.35 bits per heavy atom. The fraction of sp³-hybridized carbons (Fsp3) is 0.364. The third kappa shape index (κ3) is 2.02. The van der Waals surface area contributed by atoms with Gasteiger partial charge < -0.3 is 5.32 Å². The molecule has 3 rings (SSSR count). The summed E-state index contributed by atoms with van der Waals surface area (Å²) in [6.07, 6.45) is 0. The van der Waals surface area contributed by atoms with E-state index in [-0.39, 0.29) is 0 Å². The summed E-state index contributed by atoms with van der Waals surface area (Å²) in [5.41, 5.74) is 5.10. The number of aromatic nitrogens is 3. The maximum Gasteiger partial charge on any atom is 0.181 e. The number of thioether (sulfide) groups is 1. The predicted molar refractivity (Wildman–Crippen MR) is 72.3 cm³/mol. The maximum atomic E-state index is 4.61. The van der Waals surface area contributed by atoms with Crippen molar-refractivity contribution in [3.8, 4) is 11.5 Å². The molecule has 0 bridgehead atoms. The van der Waals surface area contributed by atoms with Crippen molar-refractivity contribution in [2.75, 3.05) is 11.9 Å². The summed E-state index contributed by atoms with van der Waals surface area (Å²) in [4.78, 5) is 13.5. The lowest BCUT2D eigenvalue weighted by atomic mass is 10.2. The number of fused-ring (bicyclic) bond motifs is 1. The highest BCUT2D eigenvalue weighted by molar-refractivity contribution is 7.98. The molecule has 0 radical (unpaired) electrons. The summed E-state index contributed by atoms with van der Waals surface area (Å²) in [5.74, 6) is 3.71. The summed E-state index contributed by atoms with van der Waals surface area (Å²) >= 11 is 3.46. The molecular formula is C11H12N4S2. The zero-order valence-corrected chi connectivity index (χ0v) is 11.1. The Hall–Kier alpha value is -1.14. The highest BCUT2D eigenvalue weighted by Gasteiger charge is 2.20. The largest absolute Gasteiger partial charge is 0.370 e. The summed E-state index contributed by atoms with van der Waals surface area (Å²) in [6.45, 7) is 2.96. The summed E-state index contributed by atoms with van der Waals surface area (Å²) in [7, 11) is 0. The van der Waals surface area contributed by atoms with Crippen molar-refractivity contribution in [1.82, 2.24) is 15.0 Å². The van der Waals surface area contributed by atoms with Crippen molar-refractivity contribution in [3.63, 3.8) is 0 Å². The first-order valence-corrected chi connectivity index (χ1v) is 7.58. The van der Waals surface area contributed by atoms with Gasteiger partial charge in [0.1, 0.15) is 11.5 Å². The fourth-order valence-electron chi connectivity index (χ4n) is 1.80. The third-order valence-electron chi connectivity index (χ3n) is 2.58.